The van der Waals surface area contributed by atoms with Crippen LogP contribution in [0.1, 0.15) is 16.7 Å². The maximum Gasteiger partial charge on any atom is 0.293 e. The Balaban J connectivity index is 1.45. The largest absolute Gasteiger partial charge is 0.493 e. The molecule has 7 nitrogen and oxygen atoms in total. The minimum atomic E-state index is -0.409. The molecule has 0 saturated carbocycles. The van der Waals surface area contributed by atoms with Gasteiger partial charge in [-0.1, -0.05) is 53.0 Å². The molecule has 0 unspecified atom stereocenters. The number of carbonyl (C=O) groups excluding carboxylic acids is 3. The van der Waals surface area contributed by atoms with E-state index in [0.717, 1.165) is 22.9 Å². The Kier molecular flexibility index (Phi) is 8.43. The minimum absolute atomic E-state index is 0.140. The van der Waals surface area contributed by atoms with Gasteiger partial charge in [-0.2, -0.15) is 0 Å². The molecule has 0 spiro atoms. The predicted octanol–water partition coefficient (Wildman–Crippen LogP) is 6.56. The molecule has 0 atom stereocenters. The van der Waals surface area contributed by atoms with E-state index in [2.05, 4.69) is 5.32 Å². The number of halogens is 2. The predicted molar refractivity (Wildman–Crippen MR) is 146 cm³/mol. The number of carbonyl (C=O) groups is 3. The number of aryl methyl sites for hydroxylation is 1. The summed E-state index contributed by atoms with van der Waals surface area (Å²) in [7, 11) is 1.44. The van der Waals surface area contributed by atoms with Crippen molar-refractivity contribution in [2.45, 2.75) is 13.5 Å². The molecule has 1 fully saturated rings. The van der Waals surface area contributed by atoms with Gasteiger partial charge in [-0.15, -0.1) is 0 Å². The van der Waals surface area contributed by atoms with E-state index in [1.807, 2.05) is 19.1 Å². The molecule has 1 aliphatic heterocycles. The molecule has 3 aromatic carbocycles. The highest BCUT2D eigenvalue weighted by atomic mass is 35.5. The molecule has 4 rings (SSSR count). The van der Waals surface area contributed by atoms with Gasteiger partial charge in [-0.25, -0.2) is 0 Å². The van der Waals surface area contributed by atoms with E-state index in [4.69, 9.17) is 32.7 Å². The number of amides is 3. The quantitative estimate of drug-likeness (QED) is 0.316. The molecule has 1 aliphatic rings. The standard InChI is InChI=1S/C27H22Cl2N2O5S/c1-16-3-9-20(10-4-16)30-24(32)15-36-25-21(29)11-18(12-22(25)35-2)13-23-26(33)31(27(34)37-23)14-17-5-7-19(28)8-6-17/h3-13H,14-15H2,1-2H3,(H,30,32)/b23-13+. The third-order valence-corrected chi connectivity index (χ3v) is 6.80. The van der Waals surface area contributed by atoms with Gasteiger partial charge in [0.05, 0.1) is 23.6 Å². The maximum atomic E-state index is 12.9. The van der Waals surface area contributed by atoms with Gasteiger partial charge in [-0.05, 0) is 72.3 Å². The van der Waals surface area contributed by atoms with Gasteiger partial charge in [0.1, 0.15) is 0 Å². The second-order valence-electron chi connectivity index (χ2n) is 8.13. The van der Waals surface area contributed by atoms with Crippen molar-refractivity contribution in [2.24, 2.45) is 0 Å². The second-order valence-corrected chi connectivity index (χ2v) is 9.97. The lowest BCUT2D eigenvalue weighted by molar-refractivity contribution is -0.123. The highest BCUT2D eigenvalue weighted by molar-refractivity contribution is 8.18. The third kappa shape index (κ3) is 6.65. The van der Waals surface area contributed by atoms with E-state index in [1.54, 1.807) is 54.6 Å². The van der Waals surface area contributed by atoms with Crippen LogP contribution in [-0.4, -0.2) is 35.7 Å². The van der Waals surface area contributed by atoms with E-state index >= 15 is 0 Å². The van der Waals surface area contributed by atoms with Crippen molar-refractivity contribution in [3.05, 3.63) is 92.3 Å². The summed E-state index contributed by atoms with van der Waals surface area (Å²) in [6, 6.07) is 17.5. The fourth-order valence-electron chi connectivity index (χ4n) is 3.49. The molecular weight excluding hydrogens is 535 g/mol. The molecule has 37 heavy (non-hydrogen) atoms. The van der Waals surface area contributed by atoms with Crippen LogP contribution in [0.3, 0.4) is 0 Å². The highest BCUT2D eigenvalue weighted by Gasteiger charge is 2.35. The van der Waals surface area contributed by atoms with Crippen molar-refractivity contribution in [1.82, 2.24) is 4.90 Å². The summed E-state index contributed by atoms with van der Waals surface area (Å²) in [5.74, 6) is -0.299. The first-order valence-electron chi connectivity index (χ1n) is 11.1. The number of rotatable bonds is 8. The zero-order valence-electron chi connectivity index (χ0n) is 19.9. The number of nitrogens with one attached hydrogen (secondary N) is 1. The summed E-state index contributed by atoms with van der Waals surface area (Å²) in [6.45, 7) is 1.81. The number of imide groups is 1. The zero-order chi connectivity index (χ0) is 26.5. The van der Waals surface area contributed by atoms with Crippen LogP contribution in [0.15, 0.2) is 65.6 Å². The van der Waals surface area contributed by atoms with Crippen LogP contribution in [0.25, 0.3) is 6.08 Å². The van der Waals surface area contributed by atoms with E-state index < -0.39 is 5.91 Å². The molecule has 1 heterocycles. The molecule has 10 heteroatoms. The molecule has 0 radical (unpaired) electrons. The lowest BCUT2D eigenvalue weighted by Gasteiger charge is -2.14. The number of anilines is 1. The average Bonchev–Trinajstić information content (AvgIpc) is 3.13. The van der Waals surface area contributed by atoms with Crippen LogP contribution in [-0.2, 0) is 16.1 Å². The van der Waals surface area contributed by atoms with Crippen molar-refractivity contribution < 1.29 is 23.9 Å². The number of methoxy groups -OCH3 is 1. The Morgan fingerprint density at radius 3 is 2.43 bits per heavy atom. The van der Waals surface area contributed by atoms with Gasteiger partial charge in [0.25, 0.3) is 17.1 Å². The van der Waals surface area contributed by atoms with Crippen LogP contribution in [0, 0.1) is 6.92 Å². The fourth-order valence-corrected chi connectivity index (χ4v) is 4.73. The number of thioether (sulfide) groups is 1. The monoisotopic (exact) mass is 556 g/mol. The van der Waals surface area contributed by atoms with E-state index in [9.17, 15) is 14.4 Å². The Hall–Kier alpha value is -3.46. The molecule has 1 N–H and O–H groups in total. The van der Waals surface area contributed by atoms with Crippen molar-refractivity contribution in [3.63, 3.8) is 0 Å². The Morgan fingerprint density at radius 1 is 1.05 bits per heavy atom. The molecule has 0 aliphatic carbocycles. The first kappa shape index (κ1) is 26.6. The fraction of sp³-hybridized carbons (Fsp3) is 0.148. The third-order valence-electron chi connectivity index (χ3n) is 5.36. The van der Waals surface area contributed by atoms with Gasteiger partial charge in [0.2, 0.25) is 0 Å². The second kappa shape index (κ2) is 11.7. The maximum absolute atomic E-state index is 12.9. The Bertz CT molecular complexity index is 1370. The smallest absolute Gasteiger partial charge is 0.293 e. The van der Waals surface area contributed by atoms with Crippen molar-refractivity contribution in [2.75, 3.05) is 19.0 Å². The lowest BCUT2D eigenvalue weighted by atomic mass is 10.1. The highest BCUT2D eigenvalue weighted by Crippen LogP contribution is 2.39. The molecule has 0 bridgehead atoms. The number of hydrogen-bond acceptors (Lipinski definition) is 6. The summed E-state index contributed by atoms with van der Waals surface area (Å²) in [6.07, 6.45) is 1.56. The summed E-state index contributed by atoms with van der Waals surface area (Å²) in [5, 5.41) is 3.14. The van der Waals surface area contributed by atoms with Crippen molar-refractivity contribution >= 4 is 63.8 Å². The van der Waals surface area contributed by atoms with Crippen LogP contribution in [0.4, 0.5) is 10.5 Å². The van der Waals surface area contributed by atoms with Crippen LogP contribution in [0.2, 0.25) is 10.0 Å². The van der Waals surface area contributed by atoms with Gasteiger partial charge >= 0.3 is 0 Å². The molecule has 3 amide bonds. The van der Waals surface area contributed by atoms with Crippen LogP contribution >= 0.6 is 35.0 Å². The molecule has 3 aromatic rings. The van der Waals surface area contributed by atoms with Gasteiger partial charge < -0.3 is 14.8 Å². The summed E-state index contributed by atoms with van der Waals surface area (Å²) in [4.78, 5) is 39.1. The summed E-state index contributed by atoms with van der Waals surface area (Å²) in [5.41, 5.74) is 3.05. The van der Waals surface area contributed by atoms with E-state index in [0.29, 0.717) is 16.3 Å². The SMILES string of the molecule is COc1cc(/C=C2/SC(=O)N(Cc3ccc(Cl)cc3)C2=O)cc(Cl)c1OCC(=O)Nc1ccc(C)cc1. The Labute approximate surface area is 228 Å². The number of ether oxygens (including phenoxy) is 2. The Morgan fingerprint density at radius 2 is 1.76 bits per heavy atom. The van der Waals surface area contributed by atoms with Crippen LogP contribution < -0.4 is 14.8 Å². The zero-order valence-corrected chi connectivity index (χ0v) is 22.2. The molecular formula is C27H22Cl2N2O5S. The summed E-state index contributed by atoms with van der Waals surface area (Å²) >= 11 is 13.2. The summed E-state index contributed by atoms with van der Waals surface area (Å²) < 4.78 is 11.0. The van der Waals surface area contributed by atoms with Gasteiger partial charge in [0.15, 0.2) is 18.1 Å². The minimum Gasteiger partial charge on any atom is -0.493 e. The van der Waals surface area contributed by atoms with Crippen molar-refractivity contribution in [1.29, 1.82) is 0 Å². The van der Waals surface area contributed by atoms with E-state index in [-0.39, 0.29) is 45.7 Å². The molecule has 0 aromatic heterocycles. The molecule has 190 valence electrons. The first-order valence-corrected chi connectivity index (χ1v) is 12.7. The molecule has 1 saturated heterocycles. The average molecular weight is 557 g/mol. The first-order chi connectivity index (χ1) is 17.7. The van der Waals surface area contributed by atoms with Crippen LogP contribution in [0.5, 0.6) is 11.5 Å². The lowest BCUT2D eigenvalue weighted by Crippen LogP contribution is -2.27. The number of benzene rings is 3. The van der Waals surface area contributed by atoms with E-state index in [1.165, 1.54) is 12.0 Å². The van der Waals surface area contributed by atoms with Gasteiger partial charge in [-0.3, -0.25) is 19.3 Å². The topological polar surface area (TPSA) is 84.9 Å². The normalized spacial score (nSPS) is 14.3. The van der Waals surface area contributed by atoms with Gasteiger partial charge in [0, 0.05) is 10.7 Å². The number of hydrogen-bond donors (Lipinski definition) is 1. The van der Waals surface area contributed by atoms with Crippen molar-refractivity contribution in [3.8, 4) is 11.5 Å². The number of nitrogens with zero attached hydrogens (tertiary/aromatic N) is 1.